The molecule has 4 nitrogen and oxygen atoms in total. The van der Waals surface area contributed by atoms with Crippen LogP contribution in [-0.2, 0) is 0 Å². The molecule has 1 saturated heterocycles. The fourth-order valence-corrected chi connectivity index (χ4v) is 3.40. The average molecular weight is 286 g/mol. The van der Waals surface area contributed by atoms with Gasteiger partial charge in [-0.2, -0.15) is 11.8 Å². The van der Waals surface area contributed by atoms with Crippen molar-refractivity contribution in [1.29, 1.82) is 0 Å². The molecule has 104 valence electrons. The minimum atomic E-state index is 0.478. The zero-order chi connectivity index (χ0) is 13.9. The third-order valence-corrected chi connectivity index (χ3v) is 4.62. The molecule has 2 aromatic rings. The van der Waals surface area contributed by atoms with Crippen LogP contribution in [-0.4, -0.2) is 34.1 Å². The molecule has 0 aliphatic carbocycles. The second-order valence-corrected chi connectivity index (χ2v) is 6.11. The molecule has 0 amide bonds. The van der Waals surface area contributed by atoms with Gasteiger partial charge >= 0.3 is 0 Å². The number of thioether (sulfide) groups is 1. The molecule has 0 saturated carbocycles. The van der Waals surface area contributed by atoms with E-state index in [-0.39, 0.29) is 0 Å². The highest BCUT2D eigenvalue weighted by Crippen LogP contribution is 2.26. The summed E-state index contributed by atoms with van der Waals surface area (Å²) < 4.78 is 0. The van der Waals surface area contributed by atoms with Crippen molar-refractivity contribution in [3.05, 3.63) is 36.4 Å². The van der Waals surface area contributed by atoms with E-state index in [1.54, 1.807) is 0 Å². The maximum Gasteiger partial charge on any atom is 0.163 e. The van der Waals surface area contributed by atoms with Gasteiger partial charge < -0.3 is 10.6 Å². The SMILES string of the molecule is CC1CSCCN1c1cc(N)nc(-c2ccccc2)n1. The first-order chi connectivity index (χ1) is 9.74. The third-order valence-electron chi connectivity index (χ3n) is 3.43. The molecule has 3 rings (SSSR count). The molecule has 1 atom stereocenters. The lowest BCUT2D eigenvalue weighted by molar-refractivity contribution is 0.689. The van der Waals surface area contributed by atoms with Crippen LogP contribution in [0.15, 0.2) is 36.4 Å². The number of aromatic nitrogens is 2. The molecule has 1 fully saturated rings. The highest BCUT2D eigenvalue weighted by atomic mass is 32.2. The van der Waals surface area contributed by atoms with Crippen molar-refractivity contribution in [2.24, 2.45) is 0 Å². The summed E-state index contributed by atoms with van der Waals surface area (Å²) in [5.74, 6) is 4.42. The van der Waals surface area contributed by atoms with Crippen LogP contribution in [0.5, 0.6) is 0 Å². The van der Waals surface area contributed by atoms with Gasteiger partial charge in [0, 0.05) is 35.7 Å². The maximum atomic E-state index is 5.97. The molecule has 1 aromatic carbocycles. The van der Waals surface area contributed by atoms with E-state index < -0.39 is 0 Å². The molecular formula is C15H18N4S. The Balaban J connectivity index is 1.98. The predicted molar refractivity (Wildman–Crippen MR) is 86.0 cm³/mol. The number of rotatable bonds is 2. The number of hydrogen-bond acceptors (Lipinski definition) is 5. The highest BCUT2D eigenvalue weighted by Gasteiger charge is 2.21. The maximum absolute atomic E-state index is 5.97. The van der Waals surface area contributed by atoms with Crippen LogP contribution < -0.4 is 10.6 Å². The van der Waals surface area contributed by atoms with Gasteiger partial charge in [0.25, 0.3) is 0 Å². The Morgan fingerprint density at radius 1 is 1.25 bits per heavy atom. The lowest BCUT2D eigenvalue weighted by atomic mass is 10.2. The van der Waals surface area contributed by atoms with Gasteiger partial charge in [-0.1, -0.05) is 30.3 Å². The Kier molecular flexibility index (Phi) is 3.78. The van der Waals surface area contributed by atoms with Gasteiger partial charge in [0.05, 0.1) is 0 Å². The van der Waals surface area contributed by atoms with Gasteiger partial charge in [-0.15, -0.1) is 0 Å². The van der Waals surface area contributed by atoms with E-state index in [9.17, 15) is 0 Å². The summed E-state index contributed by atoms with van der Waals surface area (Å²) in [5.41, 5.74) is 6.97. The molecule has 0 radical (unpaired) electrons. The summed E-state index contributed by atoms with van der Waals surface area (Å²) >= 11 is 1.99. The van der Waals surface area contributed by atoms with Gasteiger partial charge in [0.15, 0.2) is 5.82 Å². The normalized spacial score (nSPS) is 19.1. The fourth-order valence-electron chi connectivity index (χ4n) is 2.38. The Hall–Kier alpha value is -1.75. The van der Waals surface area contributed by atoms with Crippen molar-refractivity contribution < 1.29 is 0 Å². The zero-order valence-corrected chi connectivity index (χ0v) is 12.3. The predicted octanol–water partition coefficient (Wildman–Crippen LogP) is 2.67. The molecule has 5 heteroatoms. The summed E-state index contributed by atoms with van der Waals surface area (Å²) in [4.78, 5) is 11.4. The van der Waals surface area contributed by atoms with Crippen molar-refractivity contribution in [3.63, 3.8) is 0 Å². The van der Waals surface area contributed by atoms with Gasteiger partial charge in [-0.05, 0) is 6.92 Å². The summed E-state index contributed by atoms with van der Waals surface area (Å²) in [6.07, 6.45) is 0. The van der Waals surface area contributed by atoms with E-state index >= 15 is 0 Å². The standard InChI is InChI=1S/C15H18N4S/c1-11-10-20-8-7-19(11)14-9-13(16)17-15(18-14)12-5-3-2-4-6-12/h2-6,9,11H,7-8,10H2,1H3,(H2,16,17,18). The van der Waals surface area contributed by atoms with E-state index in [1.165, 1.54) is 0 Å². The minimum absolute atomic E-state index is 0.478. The van der Waals surface area contributed by atoms with Crippen molar-refractivity contribution in [2.75, 3.05) is 28.7 Å². The van der Waals surface area contributed by atoms with Crippen LogP contribution >= 0.6 is 11.8 Å². The van der Waals surface area contributed by atoms with E-state index in [0.29, 0.717) is 17.7 Å². The zero-order valence-electron chi connectivity index (χ0n) is 11.5. The van der Waals surface area contributed by atoms with Crippen molar-refractivity contribution in [3.8, 4) is 11.4 Å². The lowest BCUT2D eigenvalue weighted by Crippen LogP contribution is -2.41. The Morgan fingerprint density at radius 2 is 2.05 bits per heavy atom. The molecule has 2 N–H and O–H groups in total. The highest BCUT2D eigenvalue weighted by molar-refractivity contribution is 7.99. The average Bonchev–Trinajstić information content (AvgIpc) is 2.48. The van der Waals surface area contributed by atoms with E-state index in [1.807, 2.05) is 48.2 Å². The Bertz CT molecular complexity index is 588. The second-order valence-electron chi connectivity index (χ2n) is 4.96. The van der Waals surface area contributed by atoms with Gasteiger partial charge in [0.1, 0.15) is 11.6 Å². The molecule has 20 heavy (non-hydrogen) atoms. The lowest BCUT2D eigenvalue weighted by Gasteiger charge is -2.34. The largest absolute Gasteiger partial charge is 0.384 e. The van der Waals surface area contributed by atoms with Crippen LogP contribution in [0.1, 0.15) is 6.92 Å². The molecule has 1 aromatic heterocycles. The molecule has 2 heterocycles. The first-order valence-corrected chi connectivity index (χ1v) is 7.94. The van der Waals surface area contributed by atoms with Crippen LogP contribution in [0.2, 0.25) is 0 Å². The summed E-state index contributed by atoms with van der Waals surface area (Å²) in [6.45, 7) is 3.24. The molecule has 0 spiro atoms. The van der Waals surface area contributed by atoms with E-state index in [2.05, 4.69) is 16.8 Å². The number of nitrogens with two attached hydrogens (primary N) is 1. The first-order valence-electron chi connectivity index (χ1n) is 6.78. The van der Waals surface area contributed by atoms with Crippen LogP contribution in [0, 0.1) is 0 Å². The topological polar surface area (TPSA) is 55.0 Å². The molecule has 1 aliphatic rings. The number of anilines is 2. The quantitative estimate of drug-likeness (QED) is 0.920. The Labute approximate surface area is 123 Å². The third kappa shape index (κ3) is 2.72. The fraction of sp³-hybridized carbons (Fsp3) is 0.333. The summed E-state index contributed by atoms with van der Waals surface area (Å²) in [5, 5.41) is 0. The van der Waals surface area contributed by atoms with Crippen molar-refractivity contribution >= 4 is 23.4 Å². The van der Waals surface area contributed by atoms with Gasteiger partial charge in [0.2, 0.25) is 0 Å². The van der Waals surface area contributed by atoms with Crippen LogP contribution in [0.3, 0.4) is 0 Å². The second kappa shape index (κ2) is 5.71. The summed E-state index contributed by atoms with van der Waals surface area (Å²) in [6, 6.07) is 12.3. The monoisotopic (exact) mass is 286 g/mol. The molecule has 1 aliphatic heterocycles. The first kappa shape index (κ1) is 13.2. The molecule has 1 unspecified atom stereocenters. The van der Waals surface area contributed by atoms with Crippen molar-refractivity contribution in [1.82, 2.24) is 9.97 Å². The minimum Gasteiger partial charge on any atom is -0.384 e. The van der Waals surface area contributed by atoms with Crippen LogP contribution in [0.4, 0.5) is 11.6 Å². The molecule has 0 bridgehead atoms. The van der Waals surface area contributed by atoms with Gasteiger partial charge in [-0.3, -0.25) is 0 Å². The van der Waals surface area contributed by atoms with E-state index in [4.69, 9.17) is 10.7 Å². The Morgan fingerprint density at radius 3 is 2.80 bits per heavy atom. The number of nitrogen functional groups attached to an aromatic ring is 1. The number of nitrogens with zero attached hydrogens (tertiary/aromatic N) is 3. The van der Waals surface area contributed by atoms with Crippen LogP contribution in [0.25, 0.3) is 11.4 Å². The molecular weight excluding hydrogens is 268 g/mol. The van der Waals surface area contributed by atoms with E-state index in [0.717, 1.165) is 29.4 Å². The van der Waals surface area contributed by atoms with Gasteiger partial charge in [-0.25, -0.2) is 9.97 Å². The summed E-state index contributed by atoms with van der Waals surface area (Å²) in [7, 11) is 0. The van der Waals surface area contributed by atoms with Crippen molar-refractivity contribution in [2.45, 2.75) is 13.0 Å². The smallest absolute Gasteiger partial charge is 0.163 e. The number of hydrogen-bond donors (Lipinski definition) is 1. The number of benzene rings is 1.